The smallest absolute Gasteiger partial charge is 0.395 e. The first-order chi connectivity index (χ1) is 17.0. The van der Waals surface area contributed by atoms with E-state index >= 15 is 0 Å². The molecule has 0 amide bonds. The van der Waals surface area contributed by atoms with Crippen LogP contribution in [0.4, 0.5) is 0 Å². The molecular formula is C27H32NO6P. The van der Waals surface area contributed by atoms with E-state index in [1.54, 1.807) is 38.5 Å². The van der Waals surface area contributed by atoms with Crippen molar-refractivity contribution in [2.75, 3.05) is 27.8 Å². The highest BCUT2D eigenvalue weighted by molar-refractivity contribution is 7.49. The van der Waals surface area contributed by atoms with E-state index in [1.807, 2.05) is 55.6 Å². The molecular weight excluding hydrogens is 465 g/mol. The third-order valence-electron chi connectivity index (χ3n) is 6.05. The van der Waals surface area contributed by atoms with E-state index in [4.69, 9.17) is 23.0 Å². The summed E-state index contributed by atoms with van der Waals surface area (Å²) in [6.07, 6.45) is 0.571. The van der Waals surface area contributed by atoms with E-state index in [2.05, 4.69) is 17.0 Å². The van der Waals surface area contributed by atoms with Gasteiger partial charge in [-0.2, -0.15) is 0 Å². The molecule has 0 N–H and O–H groups in total. The maximum atomic E-state index is 14.1. The van der Waals surface area contributed by atoms with E-state index in [-0.39, 0.29) is 6.04 Å². The number of methoxy groups -OCH3 is 2. The van der Waals surface area contributed by atoms with E-state index < -0.39 is 20.2 Å². The zero-order valence-corrected chi connectivity index (χ0v) is 21.2. The highest BCUT2D eigenvalue weighted by Crippen LogP contribution is 2.53. The Morgan fingerprint density at radius 1 is 0.857 bits per heavy atom. The molecule has 0 aliphatic heterocycles. The third-order valence-corrected chi connectivity index (χ3v) is 7.44. The lowest BCUT2D eigenvalue weighted by molar-refractivity contribution is -0.122. The quantitative estimate of drug-likeness (QED) is 0.242. The molecule has 2 atom stereocenters. The van der Waals surface area contributed by atoms with Gasteiger partial charge in [-0.15, -0.1) is 0 Å². The summed E-state index contributed by atoms with van der Waals surface area (Å²) in [5, 5.41) is 0. The Morgan fingerprint density at radius 3 is 1.97 bits per heavy atom. The first-order valence-electron chi connectivity index (χ1n) is 11.6. The molecule has 1 aliphatic carbocycles. The average molecular weight is 498 g/mol. The molecule has 0 saturated heterocycles. The number of nitrogens with zero attached hydrogens (tertiary/aromatic N) is 1. The average Bonchev–Trinajstić information content (AvgIpc) is 2.88. The van der Waals surface area contributed by atoms with Crippen LogP contribution in [-0.2, 0) is 25.0 Å². The fourth-order valence-electron chi connectivity index (χ4n) is 4.38. The van der Waals surface area contributed by atoms with Crippen LogP contribution >= 0.6 is 7.82 Å². The van der Waals surface area contributed by atoms with Gasteiger partial charge in [0.25, 0.3) is 0 Å². The number of likely N-dealkylation sites (N-methyl/N-ethyl adjacent to an activating group) is 1. The summed E-state index contributed by atoms with van der Waals surface area (Å²) >= 11 is 0. The minimum atomic E-state index is -4.06. The van der Waals surface area contributed by atoms with Crippen molar-refractivity contribution in [1.82, 2.24) is 4.90 Å². The number of ether oxygens (including phenoxy) is 2. The summed E-state index contributed by atoms with van der Waals surface area (Å²) in [4.78, 5) is 2.11. The first-order valence-corrected chi connectivity index (χ1v) is 13.1. The number of para-hydroxylation sites is 2. The molecule has 0 unspecified atom stereocenters. The molecule has 0 aromatic heterocycles. The van der Waals surface area contributed by atoms with E-state index in [1.165, 1.54) is 5.56 Å². The van der Waals surface area contributed by atoms with Crippen molar-refractivity contribution in [3.05, 3.63) is 96.1 Å². The van der Waals surface area contributed by atoms with E-state index in [9.17, 15) is 4.57 Å². The number of benzene rings is 3. The molecule has 186 valence electrons. The van der Waals surface area contributed by atoms with Gasteiger partial charge in [0.2, 0.25) is 0 Å². The number of hydrogen-bond acceptors (Lipinski definition) is 7. The van der Waals surface area contributed by atoms with Crippen LogP contribution in [0.2, 0.25) is 0 Å². The summed E-state index contributed by atoms with van der Waals surface area (Å²) in [7, 11) is 1.15. The Labute approximate surface area is 207 Å². The van der Waals surface area contributed by atoms with Gasteiger partial charge in [-0.25, -0.2) is 4.57 Å². The third kappa shape index (κ3) is 6.51. The number of hydrogen-bond donors (Lipinski definition) is 0. The standard InChI is InChI=1S/C27H32NO6P/c1-28(20-26(30-2)31-3)27-24-17-11-10-12-21(24)18-19-25(27)34-35(29,32-22-13-6-4-7-14-22)33-23-15-8-5-9-16-23/h4-17,25-27H,18-20H2,1-3H3/t25-,27-/m1/s1. The number of rotatable bonds is 11. The van der Waals surface area contributed by atoms with Crippen molar-refractivity contribution >= 4 is 7.82 Å². The van der Waals surface area contributed by atoms with Crippen LogP contribution in [0, 0.1) is 0 Å². The molecule has 3 aromatic carbocycles. The summed E-state index contributed by atoms with van der Waals surface area (Å²) < 4.78 is 43.1. The second kappa shape index (κ2) is 11.8. The Kier molecular flexibility index (Phi) is 8.60. The Balaban J connectivity index is 1.65. The van der Waals surface area contributed by atoms with Crippen LogP contribution < -0.4 is 9.05 Å². The van der Waals surface area contributed by atoms with Crippen LogP contribution in [0.3, 0.4) is 0 Å². The monoisotopic (exact) mass is 497 g/mol. The predicted molar refractivity (Wildman–Crippen MR) is 135 cm³/mol. The summed E-state index contributed by atoms with van der Waals surface area (Å²) in [5.74, 6) is 0.818. The van der Waals surface area contributed by atoms with Crippen LogP contribution in [-0.4, -0.2) is 45.1 Å². The van der Waals surface area contributed by atoms with Gasteiger partial charge in [-0.05, 0) is 55.3 Å². The van der Waals surface area contributed by atoms with E-state index in [0.29, 0.717) is 24.5 Å². The highest BCUT2D eigenvalue weighted by Gasteiger charge is 2.42. The van der Waals surface area contributed by atoms with Crippen molar-refractivity contribution in [3.8, 4) is 11.5 Å². The fraction of sp³-hybridized carbons (Fsp3) is 0.333. The van der Waals surface area contributed by atoms with Crippen molar-refractivity contribution in [2.45, 2.75) is 31.3 Å². The van der Waals surface area contributed by atoms with Gasteiger partial charge < -0.3 is 18.5 Å². The summed E-state index contributed by atoms with van der Waals surface area (Å²) in [5.41, 5.74) is 2.35. The van der Waals surface area contributed by atoms with Gasteiger partial charge in [0.05, 0.1) is 12.1 Å². The molecule has 0 fully saturated rings. The molecule has 0 heterocycles. The maximum absolute atomic E-state index is 14.1. The van der Waals surface area contributed by atoms with Crippen LogP contribution in [0.15, 0.2) is 84.9 Å². The van der Waals surface area contributed by atoms with Gasteiger partial charge in [-0.1, -0.05) is 60.7 Å². The minimum absolute atomic E-state index is 0.208. The molecule has 1 aliphatic rings. The molecule has 0 spiro atoms. The predicted octanol–water partition coefficient (Wildman–Crippen LogP) is 5.88. The van der Waals surface area contributed by atoms with Gasteiger partial charge in [0, 0.05) is 20.8 Å². The van der Waals surface area contributed by atoms with E-state index in [0.717, 1.165) is 12.0 Å². The maximum Gasteiger partial charge on any atom is 0.587 e. The van der Waals surface area contributed by atoms with Gasteiger partial charge in [-0.3, -0.25) is 9.42 Å². The van der Waals surface area contributed by atoms with Crippen LogP contribution in [0.1, 0.15) is 23.6 Å². The van der Waals surface area contributed by atoms with Gasteiger partial charge >= 0.3 is 7.82 Å². The molecule has 7 nitrogen and oxygen atoms in total. The Morgan fingerprint density at radius 2 is 1.40 bits per heavy atom. The Bertz CT molecular complexity index is 1060. The normalized spacial score (nSPS) is 17.9. The SMILES string of the molecule is COC(CN(C)[C@@H]1c2ccccc2CC[C@H]1OP(=O)(Oc1ccccc1)Oc1ccccc1)OC. The second-order valence-electron chi connectivity index (χ2n) is 8.42. The lowest BCUT2D eigenvalue weighted by atomic mass is 9.85. The Hall–Kier alpha value is -2.67. The topological polar surface area (TPSA) is 66.5 Å². The molecule has 0 radical (unpaired) electrons. The van der Waals surface area contributed by atoms with Gasteiger partial charge in [0.15, 0.2) is 6.29 Å². The molecule has 4 rings (SSSR count). The van der Waals surface area contributed by atoms with Crippen molar-refractivity contribution in [1.29, 1.82) is 0 Å². The molecule has 8 heteroatoms. The minimum Gasteiger partial charge on any atom is -0.395 e. The number of fused-ring (bicyclic) bond motifs is 1. The zero-order valence-electron chi connectivity index (χ0n) is 20.3. The summed E-state index contributed by atoms with van der Waals surface area (Å²) in [6.45, 7) is 0.495. The molecule has 35 heavy (non-hydrogen) atoms. The molecule has 3 aromatic rings. The van der Waals surface area contributed by atoms with Gasteiger partial charge in [0.1, 0.15) is 11.5 Å². The summed E-state index contributed by atoms with van der Waals surface area (Å²) in [6, 6.07) is 25.9. The number of aryl methyl sites for hydroxylation is 1. The van der Waals surface area contributed by atoms with Crippen molar-refractivity contribution in [3.63, 3.8) is 0 Å². The van der Waals surface area contributed by atoms with Crippen molar-refractivity contribution in [2.24, 2.45) is 0 Å². The van der Waals surface area contributed by atoms with Crippen molar-refractivity contribution < 1.29 is 27.6 Å². The van der Waals surface area contributed by atoms with Crippen LogP contribution in [0.5, 0.6) is 11.5 Å². The fourth-order valence-corrected chi connectivity index (χ4v) is 5.82. The highest BCUT2D eigenvalue weighted by atomic mass is 31.2. The first kappa shape index (κ1) is 25.4. The largest absolute Gasteiger partial charge is 0.587 e. The zero-order chi connectivity index (χ0) is 24.7. The molecule has 0 saturated carbocycles. The second-order valence-corrected chi connectivity index (χ2v) is 9.89. The van der Waals surface area contributed by atoms with Crippen LogP contribution in [0.25, 0.3) is 0 Å². The lowest BCUT2D eigenvalue weighted by Gasteiger charge is -2.40. The molecule has 0 bridgehead atoms. The number of phosphoric ester groups is 1. The lowest BCUT2D eigenvalue weighted by Crippen LogP contribution is -2.42. The number of phosphoric acid groups is 1.